The molecule has 0 amide bonds. The largest absolute Gasteiger partial charge is 0.493 e. The Hall–Kier alpha value is -2.93. The number of rotatable bonds is 6. The molecule has 0 bridgehead atoms. The van der Waals surface area contributed by atoms with Gasteiger partial charge in [0.25, 0.3) is 0 Å². The number of aromatic amines is 1. The minimum Gasteiger partial charge on any atom is -0.493 e. The Morgan fingerprint density at radius 1 is 1.19 bits per heavy atom. The summed E-state index contributed by atoms with van der Waals surface area (Å²) >= 11 is 5.06. The Morgan fingerprint density at radius 2 is 2.04 bits per heavy atom. The number of nitrogens with zero attached hydrogens (tertiary/aromatic N) is 3. The van der Waals surface area contributed by atoms with Crippen LogP contribution in [0.5, 0.6) is 11.5 Å². The highest BCUT2D eigenvalue weighted by Gasteiger charge is 2.07. The van der Waals surface area contributed by atoms with E-state index in [1.54, 1.807) is 13.3 Å². The van der Waals surface area contributed by atoms with Crippen molar-refractivity contribution in [1.82, 2.24) is 14.9 Å². The van der Waals surface area contributed by atoms with Crippen LogP contribution in [0, 0.1) is 18.6 Å². The van der Waals surface area contributed by atoms with Crippen LogP contribution in [0.4, 0.5) is 0 Å². The predicted octanol–water partition coefficient (Wildman–Crippen LogP) is 4.03. The summed E-state index contributed by atoms with van der Waals surface area (Å²) in [6.45, 7) is 4.64. The van der Waals surface area contributed by atoms with Crippen LogP contribution >= 0.6 is 12.2 Å². The Bertz CT molecular complexity index is 991. The fourth-order valence-electron chi connectivity index (χ4n) is 2.45. The average Bonchev–Trinajstić information content (AvgIpc) is 3.06. The first-order chi connectivity index (χ1) is 12.6. The summed E-state index contributed by atoms with van der Waals surface area (Å²) in [6, 6.07) is 12.0. The van der Waals surface area contributed by atoms with Crippen molar-refractivity contribution in [3.8, 4) is 11.5 Å². The van der Waals surface area contributed by atoms with E-state index >= 15 is 0 Å². The van der Waals surface area contributed by atoms with Crippen molar-refractivity contribution in [2.75, 3.05) is 7.11 Å². The third-order valence-electron chi connectivity index (χ3n) is 3.94. The molecule has 134 valence electrons. The molecule has 3 aromatic rings. The van der Waals surface area contributed by atoms with Crippen molar-refractivity contribution in [1.29, 1.82) is 0 Å². The lowest BCUT2D eigenvalue weighted by Crippen LogP contribution is -2.00. The Kier molecular flexibility index (Phi) is 5.48. The molecule has 0 aliphatic carbocycles. The third-order valence-corrected chi connectivity index (χ3v) is 4.22. The second kappa shape index (κ2) is 7.97. The topological polar surface area (TPSA) is 64.4 Å². The second-order valence-electron chi connectivity index (χ2n) is 5.88. The maximum absolute atomic E-state index is 5.97. The molecular formula is C19H20N4O2S. The lowest BCUT2D eigenvalue weighted by atomic mass is 10.1. The monoisotopic (exact) mass is 368 g/mol. The fraction of sp³-hybridized carbons (Fsp3) is 0.211. The van der Waals surface area contributed by atoms with E-state index in [-0.39, 0.29) is 0 Å². The van der Waals surface area contributed by atoms with Crippen LogP contribution in [0.25, 0.3) is 0 Å². The fourth-order valence-corrected chi connectivity index (χ4v) is 2.60. The summed E-state index contributed by atoms with van der Waals surface area (Å²) in [6.07, 6.45) is 3.19. The second-order valence-corrected chi connectivity index (χ2v) is 6.27. The highest BCUT2D eigenvalue weighted by molar-refractivity contribution is 7.71. The molecule has 2 aromatic carbocycles. The van der Waals surface area contributed by atoms with E-state index in [9.17, 15) is 0 Å². The Morgan fingerprint density at radius 3 is 2.77 bits per heavy atom. The number of benzene rings is 2. The van der Waals surface area contributed by atoms with Crippen LogP contribution in [0.15, 0.2) is 47.8 Å². The number of nitrogens with one attached hydrogen (secondary N) is 1. The van der Waals surface area contributed by atoms with Crippen LogP contribution in [0.1, 0.15) is 22.3 Å². The number of aryl methyl sites for hydroxylation is 2. The van der Waals surface area contributed by atoms with Crippen LogP contribution in [-0.4, -0.2) is 28.2 Å². The number of aromatic nitrogens is 3. The molecule has 0 unspecified atom stereocenters. The van der Waals surface area contributed by atoms with Gasteiger partial charge >= 0.3 is 0 Å². The van der Waals surface area contributed by atoms with Gasteiger partial charge in [-0.3, -0.25) is 5.10 Å². The summed E-state index contributed by atoms with van der Waals surface area (Å²) in [5.74, 6) is 1.33. The van der Waals surface area contributed by atoms with Crippen molar-refractivity contribution in [2.45, 2.75) is 20.5 Å². The van der Waals surface area contributed by atoms with E-state index in [1.165, 1.54) is 22.1 Å². The van der Waals surface area contributed by atoms with Crippen molar-refractivity contribution in [3.63, 3.8) is 0 Å². The molecule has 0 fully saturated rings. The van der Waals surface area contributed by atoms with Gasteiger partial charge in [0.15, 0.2) is 11.5 Å². The molecule has 7 heteroatoms. The lowest BCUT2D eigenvalue weighted by molar-refractivity contribution is 0.284. The van der Waals surface area contributed by atoms with E-state index in [0.29, 0.717) is 22.9 Å². The van der Waals surface area contributed by atoms with Crippen LogP contribution in [0.3, 0.4) is 0 Å². The van der Waals surface area contributed by atoms with Gasteiger partial charge in [-0.2, -0.15) is 14.9 Å². The van der Waals surface area contributed by atoms with Gasteiger partial charge in [0.2, 0.25) is 4.77 Å². The van der Waals surface area contributed by atoms with Gasteiger partial charge in [0, 0.05) is 0 Å². The molecule has 0 spiro atoms. The summed E-state index contributed by atoms with van der Waals surface area (Å²) in [7, 11) is 1.62. The van der Waals surface area contributed by atoms with E-state index in [4.69, 9.17) is 21.7 Å². The van der Waals surface area contributed by atoms with Crippen LogP contribution < -0.4 is 9.47 Å². The maximum atomic E-state index is 5.97. The Balaban J connectivity index is 1.76. The van der Waals surface area contributed by atoms with Gasteiger partial charge in [0.1, 0.15) is 12.9 Å². The number of ether oxygens (including phenoxy) is 2. The molecular weight excluding hydrogens is 348 g/mol. The molecule has 0 saturated carbocycles. The van der Waals surface area contributed by atoms with E-state index in [1.807, 2.05) is 18.2 Å². The molecule has 26 heavy (non-hydrogen) atoms. The van der Waals surface area contributed by atoms with Crippen molar-refractivity contribution >= 4 is 18.4 Å². The molecule has 1 aromatic heterocycles. The van der Waals surface area contributed by atoms with Gasteiger partial charge in [-0.05, 0) is 61.0 Å². The molecule has 1 N–H and O–H groups in total. The first-order valence-corrected chi connectivity index (χ1v) is 8.51. The zero-order valence-electron chi connectivity index (χ0n) is 14.9. The van der Waals surface area contributed by atoms with Gasteiger partial charge in [-0.25, -0.2) is 0 Å². The van der Waals surface area contributed by atoms with Crippen LogP contribution in [0.2, 0.25) is 0 Å². The number of hydrogen-bond acceptors (Lipinski definition) is 5. The van der Waals surface area contributed by atoms with Crippen LogP contribution in [-0.2, 0) is 6.61 Å². The first kappa shape index (κ1) is 17.9. The van der Waals surface area contributed by atoms with E-state index < -0.39 is 0 Å². The summed E-state index contributed by atoms with van der Waals surface area (Å²) in [4.78, 5) is 0. The average molecular weight is 368 g/mol. The molecule has 0 radical (unpaired) electrons. The number of H-pyrrole nitrogens is 1. The number of hydrogen-bond donors (Lipinski definition) is 1. The third kappa shape index (κ3) is 4.18. The molecule has 1 heterocycles. The minimum atomic E-state index is 0.432. The van der Waals surface area contributed by atoms with E-state index in [0.717, 1.165) is 11.1 Å². The van der Waals surface area contributed by atoms with Gasteiger partial charge < -0.3 is 9.47 Å². The smallest absolute Gasteiger partial charge is 0.216 e. The molecule has 0 atom stereocenters. The zero-order chi connectivity index (χ0) is 18.5. The standard InChI is InChI=1S/C19H20N4O2S/c1-13-4-5-14(2)16(8-13)11-25-17-7-6-15(9-18(17)24-3)10-21-23-12-20-22-19(23)26/h4-10,12H,11H2,1-3H3,(H,22,26)/b21-10-. The van der Waals surface area contributed by atoms with Gasteiger partial charge in [-0.15, -0.1) is 0 Å². The molecule has 6 nitrogen and oxygen atoms in total. The highest BCUT2D eigenvalue weighted by atomic mass is 32.1. The van der Waals surface area contributed by atoms with Crippen molar-refractivity contribution in [3.05, 3.63) is 69.8 Å². The maximum Gasteiger partial charge on any atom is 0.216 e. The van der Waals surface area contributed by atoms with Crippen molar-refractivity contribution < 1.29 is 9.47 Å². The summed E-state index contributed by atoms with van der Waals surface area (Å²) in [5.41, 5.74) is 4.44. The first-order valence-electron chi connectivity index (χ1n) is 8.10. The quantitative estimate of drug-likeness (QED) is 0.527. The van der Waals surface area contributed by atoms with Gasteiger partial charge in [0.05, 0.1) is 13.3 Å². The minimum absolute atomic E-state index is 0.432. The normalized spacial score (nSPS) is 11.0. The molecule has 0 saturated heterocycles. The summed E-state index contributed by atoms with van der Waals surface area (Å²) in [5, 5.41) is 10.7. The zero-order valence-corrected chi connectivity index (χ0v) is 15.7. The summed E-state index contributed by atoms with van der Waals surface area (Å²) < 4.78 is 13.3. The number of methoxy groups -OCH3 is 1. The lowest BCUT2D eigenvalue weighted by Gasteiger charge is -2.13. The molecule has 3 rings (SSSR count). The predicted molar refractivity (Wildman–Crippen MR) is 104 cm³/mol. The van der Waals surface area contributed by atoms with Gasteiger partial charge in [-0.1, -0.05) is 23.8 Å². The Labute approximate surface area is 157 Å². The molecule has 0 aliphatic rings. The molecule has 0 aliphatic heterocycles. The van der Waals surface area contributed by atoms with Crippen molar-refractivity contribution in [2.24, 2.45) is 5.10 Å². The van der Waals surface area contributed by atoms with E-state index in [2.05, 4.69) is 47.3 Å². The SMILES string of the molecule is COc1cc(/C=N\n2cn[nH]c2=S)ccc1OCc1cc(C)ccc1C. The highest BCUT2D eigenvalue weighted by Crippen LogP contribution is 2.28.